The monoisotopic (exact) mass is 296 g/mol. The van der Waals surface area contributed by atoms with Crippen LogP contribution in [-0.4, -0.2) is 42.1 Å². The number of carbonyl (C=O) groups is 1. The van der Waals surface area contributed by atoms with Crippen LogP contribution in [0.2, 0.25) is 5.02 Å². The molecule has 3 atom stereocenters. The Morgan fingerprint density at radius 2 is 2.05 bits per heavy atom. The van der Waals surface area contributed by atoms with E-state index >= 15 is 0 Å². The van der Waals surface area contributed by atoms with Crippen LogP contribution in [0.15, 0.2) is 24.3 Å². The summed E-state index contributed by atoms with van der Waals surface area (Å²) in [5.74, 6) is -0.0198. The van der Waals surface area contributed by atoms with Crippen molar-refractivity contribution < 1.29 is 9.53 Å². The van der Waals surface area contributed by atoms with E-state index in [0.29, 0.717) is 5.02 Å². The van der Waals surface area contributed by atoms with Gasteiger partial charge >= 0.3 is 0 Å². The highest BCUT2D eigenvalue weighted by molar-refractivity contribution is 6.30. The summed E-state index contributed by atoms with van der Waals surface area (Å²) >= 11 is 5.92. The molecule has 0 unspecified atom stereocenters. The molecule has 1 aliphatic rings. The van der Waals surface area contributed by atoms with E-state index in [9.17, 15) is 4.79 Å². The molecule has 1 aromatic carbocycles. The quantitative estimate of drug-likeness (QED) is 0.932. The van der Waals surface area contributed by atoms with Gasteiger partial charge in [-0.2, -0.15) is 0 Å². The highest BCUT2D eigenvalue weighted by Crippen LogP contribution is 2.17. The Bertz CT molecular complexity index is 471. The van der Waals surface area contributed by atoms with E-state index in [1.165, 1.54) is 0 Å². The normalized spacial score (nSPS) is 25.2. The highest BCUT2D eigenvalue weighted by atomic mass is 35.5. The van der Waals surface area contributed by atoms with Crippen molar-refractivity contribution in [1.29, 1.82) is 0 Å². The van der Waals surface area contributed by atoms with Crippen molar-refractivity contribution in [3.63, 3.8) is 0 Å². The lowest BCUT2D eigenvalue weighted by Crippen LogP contribution is -2.52. The highest BCUT2D eigenvalue weighted by Gasteiger charge is 2.29. The van der Waals surface area contributed by atoms with Crippen LogP contribution in [0.4, 0.5) is 5.69 Å². The first-order valence-corrected chi connectivity index (χ1v) is 7.29. The second-order valence-corrected chi connectivity index (χ2v) is 5.82. The van der Waals surface area contributed by atoms with Gasteiger partial charge in [0.05, 0.1) is 18.2 Å². The number of nitrogens with zero attached hydrogens (tertiary/aromatic N) is 1. The fourth-order valence-electron chi connectivity index (χ4n) is 2.51. The molecule has 1 fully saturated rings. The zero-order valence-electron chi connectivity index (χ0n) is 12.1. The molecule has 1 aliphatic heterocycles. The molecule has 0 radical (unpaired) electrons. The molecular formula is C15H21ClN2O2. The molecule has 4 nitrogen and oxygen atoms in total. The smallest absolute Gasteiger partial charge is 0.241 e. The molecule has 0 bridgehead atoms. The Hall–Kier alpha value is -1.10. The van der Waals surface area contributed by atoms with Crippen LogP contribution in [0.3, 0.4) is 0 Å². The van der Waals surface area contributed by atoms with E-state index in [1.807, 2.05) is 32.9 Å². The van der Waals surface area contributed by atoms with Crippen molar-refractivity contribution in [2.75, 3.05) is 18.4 Å². The molecule has 0 aromatic heterocycles. The zero-order valence-corrected chi connectivity index (χ0v) is 12.9. The van der Waals surface area contributed by atoms with Crippen LogP contribution in [0.1, 0.15) is 20.8 Å². The molecule has 110 valence electrons. The lowest BCUT2D eigenvalue weighted by atomic mass is 10.1. The lowest BCUT2D eigenvalue weighted by Gasteiger charge is -2.38. The molecule has 20 heavy (non-hydrogen) atoms. The summed E-state index contributed by atoms with van der Waals surface area (Å²) in [4.78, 5) is 14.5. The molecule has 0 aliphatic carbocycles. The standard InChI is InChI=1S/C15H21ClN2O2/c1-10-8-18(9-11(2)20-10)12(3)15(19)17-14-6-4-5-13(16)7-14/h4-7,10-12H,8-9H2,1-3H3,(H,17,19)/t10-,11-,12+/m1/s1. The van der Waals surface area contributed by atoms with Gasteiger partial charge < -0.3 is 10.1 Å². The summed E-state index contributed by atoms with van der Waals surface area (Å²) in [6.45, 7) is 7.53. The van der Waals surface area contributed by atoms with Gasteiger partial charge in [-0.15, -0.1) is 0 Å². The first-order valence-electron chi connectivity index (χ1n) is 6.91. The van der Waals surface area contributed by atoms with Gasteiger partial charge in [-0.1, -0.05) is 17.7 Å². The number of carbonyl (C=O) groups excluding carboxylic acids is 1. The minimum absolute atomic E-state index is 0.0198. The van der Waals surface area contributed by atoms with E-state index < -0.39 is 0 Å². The molecule has 1 aromatic rings. The van der Waals surface area contributed by atoms with Crippen LogP contribution in [0.5, 0.6) is 0 Å². The minimum Gasteiger partial charge on any atom is -0.373 e. The number of nitrogens with one attached hydrogen (secondary N) is 1. The largest absolute Gasteiger partial charge is 0.373 e. The van der Waals surface area contributed by atoms with Gasteiger partial charge in [-0.05, 0) is 39.0 Å². The van der Waals surface area contributed by atoms with Gasteiger partial charge in [0.15, 0.2) is 0 Å². The van der Waals surface area contributed by atoms with Gasteiger partial charge in [0.25, 0.3) is 0 Å². The third-order valence-electron chi connectivity index (χ3n) is 3.47. The number of hydrogen-bond acceptors (Lipinski definition) is 3. The molecule has 1 N–H and O–H groups in total. The van der Waals surface area contributed by atoms with Gasteiger partial charge in [-0.3, -0.25) is 9.69 Å². The molecule has 1 heterocycles. The minimum atomic E-state index is -0.192. The Morgan fingerprint density at radius 1 is 1.40 bits per heavy atom. The number of rotatable bonds is 3. The summed E-state index contributed by atoms with van der Waals surface area (Å²) in [7, 11) is 0. The SMILES string of the molecule is C[C@@H]1CN([C@@H](C)C(=O)Nc2cccc(Cl)c2)C[C@@H](C)O1. The first-order chi connectivity index (χ1) is 9.45. The van der Waals surface area contributed by atoms with Crippen LogP contribution in [-0.2, 0) is 9.53 Å². The summed E-state index contributed by atoms with van der Waals surface area (Å²) in [5, 5.41) is 3.52. The number of halogens is 1. The molecule has 2 rings (SSSR count). The summed E-state index contributed by atoms with van der Waals surface area (Å²) in [6, 6.07) is 6.99. The van der Waals surface area contributed by atoms with Crippen LogP contribution in [0.25, 0.3) is 0 Å². The van der Waals surface area contributed by atoms with Crippen LogP contribution >= 0.6 is 11.6 Å². The fourth-order valence-corrected chi connectivity index (χ4v) is 2.70. The second kappa shape index (κ2) is 6.57. The third kappa shape index (κ3) is 3.95. The second-order valence-electron chi connectivity index (χ2n) is 5.39. The maximum absolute atomic E-state index is 12.3. The number of hydrogen-bond donors (Lipinski definition) is 1. The zero-order chi connectivity index (χ0) is 14.7. The molecular weight excluding hydrogens is 276 g/mol. The molecule has 0 saturated carbocycles. The van der Waals surface area contributed by atoms with Crippen molar-refractivity contribution in [1.82, 2.24) is 4.90 Å². The lowest BCUT2D eigenvalue weighted by molar-refractivity contribution is -0.126. The number of benzene rings is 1. The number of morpholine rings is 1. The van der Waals surface area contributed by atoms with Crippen molar-refractivity contribution in [2.24, 2.45) is 0 Å². The Morgan fingerprint density at radius 3 is 2.65 bits per heavy atom. The van der Waals surface area contributed by atoms with E-state index in [4.69, 9.17) is 16.3 Å². The number of amides is 1. The topological polar surface area (TPSA) is 41.6 Å². The van der Waals surface area contributed by atoms with Crippen LogP contribution < -0.4 is 5.32 Å². The van der Waals surface area contributed by atoms with Crippen molar-refractivity contribution in [2.45, 2.75) is 39.0 Å². The molecule has 1 saturated heterocycles. The molecule has 1 amide bonds. The predicted molar refractivity (Wildman–Crippen MR) is 81.1 cm³/mol. The van der Waals surface area contributed by atoms with Gasteiger partial charge in [-0.25, -0.2) is 0 Å². The van der Waals surface area contributed by atoms with E-state index in [1.54, 1.807) is 12.1 Å². The van der Waals surface area contributed by atoms with Gasteiger partial charge in [0, 0.05) is 23.8 Å². The maximum Gasteiger partial charge on any atom is 0.241 e. The maximum atomic E-state index is 12.3. The average Bonchev–Trinajstić information content (AvgIpc) is 2.36. The van der Waals surface area contributed by atoms with Crippen molar-refractivity contribution in [3.05, 3.63) is 29.3 Å². The summed E-state index contributed by atoms with van der Waals surface area (Å²) in [6.07, 6.45) is 0.306. The van der Waals surface area contributed by atoms with E-state index in [2.05, 4.69) is 10.2 Å². The van der Waals surface area contributed by atoms with Crippen molar-refractivity contribution in [3.8, 4) is 0 Å². The van der Waals surface area contributed by atoms with E-state index in [0.717, 1.165) is 18.8 Å². The number of ether oxygens (including phenoxy) is 1. The Kier molecular flexibility index (Phi) is 5.02. The Balaban J connectivity index is 1.98. The van der Waals surface area contributed by atoms with Gasteiger partial charge in [0.2, 0.25) is 5.91 Å². The average molecular weight is 297 g/mol. The van der Waals surface area contributed by atoms with E-state index in [-0.39, 0.29) is 24.2 Å². The predicted octanol–water partition coefficient (Wildman–Crippen LogP) is 2.78. The fraction of sp³-hybridized carbons (Fsp3) is 0.533. The van der Waals surface area contributed by atoms with Crippen molar-refractivity contribution >= 4 is 23.2 Å². The Labute approximate surface area is 125 Å². The van der Waals surface area contributed by atoms with Crippen LogP contribution in [0, 0.1) is 0 Å². The van der Waals surface area contributed by atoms with Gasteiger partial charge in [0.1, 0.15) is 0 Å². The molecule has 0 spiro atoms. The first kappa shape index (κ1) is 15.3. The summed E-state index contributed by atoms with van der Waals surface area (Å²) < 4.78 is 5.69. The molecule has 5 heteroatoms. The number of anilines is 1. The summed E-state index contributed by atoms with van der Waals surface area (Å²) in [5.41, 5.74) is 0.726. The third-order valence-corrected chi connectivity index (χ3v) is 3.70.